The van der Waals surface area contributed by atoms with E-state index >= 15 is 0 Å². The molecule has 0 saturated carbocycles. The van der Waals surface area contributed by atoms with Crippen molar-refractivity contribution in [2.75, 3.05) is 5.32 Å². The zero-order valence-electron chi connectivity index (χ0n) is 17.5. The van der Waals surface area contributed by atoms with Crippen LogP contribution >= 0.6 is 22.9 Å². The Morgan fingerprint density at radius 3 is 2.76 bits per heavy atom. The lowest BCUT2D eigenvalue weighted by molar-refractivity contribution is -0.115. The Kier molecular flexibility index (Phi) is 6.75. The van der Waals surface area contributed by atoms with E-state index in [1.54, 1.807) is 6.07 Å². The Balaban J connectivity index is 1.72. The van der Waals surface area contributed by atoms with Crippen LogP contribution in [0.4, 0.5) is 5.69 Å². The van der Waals surface area contributed by atoms with E-state index in [0.717, 1.165) is 46.3 Å². The molecular weight excluding hydrogens is 404 g/mol. The third kappa shape index (κ3) is 5.25. The van der Waals surface area contributed by atoms with Gasteiger partial charge in [-0.15, -0.1) is 11.3 Å². The number of amides is 1. The van der Waals surface area contributed by atoms with Gasteiger partial charge in [-0.05, 0) is 62.8 Å². The quantitative estimate of drug-likeness (QED) is 0.524. The van der Waals surface area contributed by atoms with Crippen LogP contribution < -0.4 is 5.32 Å². The number of halogens is 1. The molecule has 0 aliphatic carbocycles. The summed E-state index contributed by atoms with van der Waals surface area (Å²) < 4.78 is 1.90. The molecule has 0 fully saturated rings. The molecule has 0 unspecified atom stereocenters. The van der Waals surface area contributed by atoms with Crippen molar-refractivity contribution >= 4 is 34.5 Å². The van der Waals surface area contributed by atoms with Gasteiger partial charge in [0.05, 0.1) is 17.8 Å². The van der Waals surface area contributed by atoms with Crippen molar-refractivity contribution in [3.63, 3.8) is 0 Å². The second-order valence-electron chi connectivity index (χ2n) is 7.80. The Morgan fingerprint density at radius 2 is 2.03 bits per heavy atom. The smallest absolute Gasteiger partial charge is 0.230 e. The highest BCUT2D eigenvalue weighted by Crippen LogP contribution is 2.24. The second-order valence-corrected chi connectivity index (χ2v) is 9.07. The first-order valence-corrected chi connectivity index (χ1v) is 11.1. The zero-order valence-corrected chi connectivity index (χ0v) is 19.1. The maximum atomic E-state index is 12.5. The number of hydrogen-bond donors (Lipinski definition) is 1. The van der Waals surface area contributed by atoms with Crippen molar-refractivity contribution in [1.29, 1.82) is 0 Å². The van der Waals surface area contributed by atoms with Crippen LogP contribution in [0.25, 0.3) is 5.13 Å². The minimum atomic E-state index is -0.113. The number of aryl methyl sites for hydroxylation is 2. The molecule has 7 heteroatoms. The monoisotopic (exact) mass is 430 g/mol. The number of hydrogen-bond acceptors (Lipinski definition) is 4. The van der Waals surface area contributed by atoms with Gasteiger partial charge in [-0.2, -0.15) is 5.10 Å². The fourth-order valence-corrected chi connectivity index (χ4v) is 4.22. The van der Waals surface area contributed by atoms with Crippen molar-refractivity contribution < 1.29 is 4.79 Å². The molecule has 3 rings (SSSR count). The number of anilines is 1. The topological polar surface area (TPSA) is 59.8 Å². The number of thiazole rings is 1. The molecule has 0 atom stereocenters. The Morgan fingerprint density at radius 1 is 1.28 bits per heavy atom. The normalized spacial score (nSPS) is 11.3. The van der Waals surface area contributed by atoms with E-state index in [1.807, 2.05) is 29.1 Å². The molecule has 0 aliphatic rings. The molecule has 0 radical (unpaired) electrons. The molecule has 29 heavy (non-hydrogen) atoms. The van der Waals surface area contributed by atoms with Gasteiger partial charge in [0.1, 0.15) is 0 Å². The van der Waals surface area contributed by atoms with E-state index < -0.39 is 0 Å². The highest BCUT2D eigenvalue weighted by molar-refractivity contribution is 7.12. The Hall–Kier alpha value is -2.18. The molecule has 1 aromatic carbocycles. The first-order valence-electron chi connectivity index (χ1n) is 9.80. The van der Waals surface area contributed by atoms with E-state index in [1.165, 1.54) is 16.9 Å². The summed E-state index contributed by atoms with van der Waals surface area (Å²) in [5, 5.41) is 10.9. The van der Waals surface area contributed by atoms with Crippen LogP contribution in [0.2, 0.25) is 5.02 Å². The molecule has 3 aromatic rings. The largest absolute Gasteiger partial charge is 0.325 e. The van der Waals surface area contributed by atoms with Crippen LogP contribution in [0.1, 0.15) is 48.5 Å². The molecule has 0 aliphatic heterocycles. The Labute approximate surface area is 181 Å². The molecule has 0 saturated heterocycles. The molecule has 0 spiro atoms. The fourth-order valence-electron chi connectivity index (χ4n) is 3.22. The van der Waals surface area contributed by atoms with Crippen LogP contribution in [-0.4, -0.2) is 20.7 Å². The van der Waals surface area contributed by atoms with Gasteiger partial charge < -0.3 is 5.32 Å². The highest BCUT2D eigenvalue weighted by Gasteiger charge is 2.16. The van der Waals surface area contributed by atoms with Gasteiger partial charge >= 0.3 is 0 Å². The lowest BCUT2D eigenvalue weighted by Gasteiger charge is -2.08. The van der Waals surface area contributed by atoms with E-state index in [0.29, 0.717) is 10.9 Å². The number of rotatable bonds is 7. The van der Waals surface area contributed by atoms with Crippen LogP contribution in [0.5, 0.6) is 0 Å². The molecule has 2 aromatic heterocycles. The first-order chi connectivity index (χ1) is 13.7. The summed E-state index contributed by atoms with van der Waals surface area (Å²) in [5.41, 5.74) is 5.91. The Bertz CT molecular complexity index is 1020. The van der Waals surface area contributed by atoms with Crippen LogP contribution in [0.15, 0.2) is 23.6 Å². The summed E-state index contributed by atoms with van der Waals surface area (Å²) in [4.78, 5) is 17.1. The predicted octanol–water partition coefficient (Wildman–Crippen LogP) is 5.68. The van der Waals surface area contributed by atoms with Gasteiger partial charge in [0, 0.05) is 21.8 Å². The third-order valence-corrected chi connectivity index (χ3v) is 6.05. The van der Waals surface area contributed by atoms with Crippen molar-refractivity contribution in [2.45, 2.75) is 53.9 Å². The van der Waals surface area contributed by atoms with E-state index in [9.17, 15) is 4.79 Å². The van der Waals surface area contributed by atoms with Crippen LogP contribution in [-0.2, 0) is 17.6 Å². The van der Waals surface area contributed by atoms with Gasteiger partial charge in [0.15, 0.2) is 0 Å². The number of benzene rings is 1. The summed E-state index contributed by atoms with van der Waals surface area (Å²) >= 11 is 7.53. The van der Waals surface area contributed by atoms with Crippen molar-refractivity contribution in [3.05, 3.63) is 56.8 Å². The summed E-state index contributed by atoms with van der Waals surface area (Å²) in [6.07, 6.45) is 2.37. The minimum Gasteiger partial charge on any atom is -0.325 e. The third-order valence-electron chi connectivity index (χ3n) is 4.95. The van der Waals surface area contributed by atoms with Gasteiger partial charge in [0.25, 0.3) is 0 Å². The SMILES string of the molecule is Cc1ccc(Cl)cc1NC(=O)Cc1csc(-n2nc(C)c(CCC(C)C)c2C)n1. The zero-order chi connectivity index (χ0) is 21.1. The summed E-state index contributed by atoms with van der Waals surface area (Å²) in [6.45, 7) is 10.5. The standard InChI is InChI=1S/C22H27ClN4OS/c1-13(2)6-9-19-15(4)26-27(16(19)5)22-24-18(12-29-22)11-21(28)25-20-10-17(23)8-7-14(20)3/h7-8,10,12-13H,6,9,11H2,1-5H3,(H,25,28). The highest BCUT2D eigenvalue weighted by atomic mass is 35.5. The van der Waals surface area contributed by atoms with Gasteiger partial charge in [-0.3, -0.25) is 4.79 Å². The summed E-state index contributed by atoms with van der Waals surface area (Å²) in [6, 6.07) is 5.46. The van der Waals surface area contributed by atoms with Gasteiger partial charge in [0.2, 0.25) is 11.0 Å². The molecule has 154 valence electrons. The fraction of sp³-hybridized carbons (Fsp3) is 0.409. The molecule has 1 N–H and O–H groups in total. The van der Waals surface area contributed by atoms with Crippen molar-refractivity contribution in [2.24, 2.45) is 5.92 Å². The number of carbonyl (C=O) groups excluding carboxylic acids is 1. The lowest BCUT2D eigenvalue weighted by Crippen LogP contribution is -2.15. The molecule has 5 nitrogen and oxygen atoms in total. The lowest BCUT2D eigenvalue weighted by atomic mass is 10.0. The maximum absolute atomic E-state index is 12.5. The molecule has 0 bridgehead atoms. The van der Waals surface area contributed by atoms with E-state index in [-0.39, 0.29) is 12.3 Å². The average molecular weight is 431 g/mol. The van der Waals surface area contributed by atoms with E-state index in [4.69, 9.17) is 11.6 Å². The van der Waals surface area contributed by atoms with Crippen LogP contribution in [0.3, 0.4) is 0 Å². The van der Waals surface area contributed by atoms with Gasteiger partial charge in [-0.25, -0.2) is 9.67 Å². The molecular formula is C22H27ClN4OS. The number of carbonyl (C=O) groups is 1. The maximum Gasteiger partial charge on any atom is 0.230 e. The average Bonchev–Trinajstić information content (AvgIpc) is 3.20. The summed E-state index contributed by atoms with van der Waals surface area (Å²) in [7, 11) is 0. The van der Waals surface area contributed by atoms with Crippen LogP contribution in [0, 0.1) is 26.7 Å². The predicted molar refractivity (Wildman–Crippen MR) is 120 cm³/mol. The number of nitrogens with one attached hydrogen (secondary N) is 1. The van der Waals surface area contributed by atoms with Crippen molar-refractivity contribution in [1.82, 2.24) is 14.8 Å². The second kappa shape index (κ2) is 9.09. The summed E-state index contributed by atoms with van der Waals surface area (Å²) in [5.74, 6) is 0.545. The first kappa shape index (κ1) is 21.5. The number of aromatic nitrogens is 3. The molecule has 1 amide bonds. The van der Waals surface area contributed by atoms with Gasteiger partial charge in [-0.1, -0.05) is 31.5 Å². The molecule has 2 heterocycles. The van der Waals surface area contributed by atoms with Crippen molar-refractivity contribution in [3.8, 4) is 5.13 Å². The van der Waals surface area contributed by atoms with E-state index in [2.05, 4.69) is 43.1 Å². The minimum absolute atomic E-state index is 0.113. The number of nitrogens with zero attached hydrogens (tertiary/aromatic N) is 3.